The third kappa shape index (κ3) is 6.38. The normalized spacial score (nSPS) is 18.4. The van der Waals surface area contributed by atoms with Gasteiger partial charge in [0, 0.05) is 37.4 Å². The van der Waals surface area contributed by atoms with E-state index in [1.165, 1.54) is 11.3 Å². The van der Waals surface area contributed by atoms with Crippen LogP contribution in [0.15, 0.2) is 6.07 Å². The van der Waals surface area contributed by atoms with Crippen LogP contribution in [0.5, 0.6) is 0 Å². The molecule has 30 heavy (non-hydrogen) atoms. The highest BCUT2D eigenvalue weighted by Gasteiger charge is 2.27. The number of ether oxygens (including phenoxy) is 2. The van der Waals surface area contributed by atoms with Gasteiger partial charge in [-0.3, -0.25) is 0 Å². The van der Waals surface area contributed by atoms with Crippen molar-refractivity contribution in [3.8, 4) is 11.8 Å². The third-order valence-corrected chi connectivity index (χ3v) is 6.07. The van der Waals surface area contributed by atoms with Gasteiger partial charge in [0.25, 0.3) is 0 Å². The first-order valence-electron chi connectivity index (χ1n) is 10.4. The Hall–Kier alpha value is -2.24. The summed E-state index contributed by atoms with van der Waals surface area (Å²) in [5.41, 5.74) is 0.460. The number of hydrogen-bond donors (Lipinski definition) is 2. The molecule has 0 aliphatic carbocycles. The molecule has 1 amide bonds. The summed E-state index contributed by atoms with van der Waals surface area (Å²) in [5, 5.41) is 12.9. The van der Waals surface area contributed by atoms with Crippen molar-refractivity contribution >= 4 is 29.1 Å². The summed E-state index contributed by atoms with van der Waals surface area (Å²) in [6, 6.07) is 1.92. The molecule has 164 valence electrons. The number of nitrogens with one attached hydrogen (secondary N) is 1. The molecular formula is C22H30N2O5S. The lowest BCUT2D eigenvalue weighted by Gasteiger charge is -2.33. The number of nitrogens with zero attached hydrogens (tertiary/aromatic N) is 1. The second-order valence-electron chi connectivity index (χ2n) is 8.76. The number of carboxylic acids is 1. The molecule has 0 bridgehead atoms. The van der Waals surface area contributed by atoms with Crippen molar-refractivity contribution in [1.29, 1.82) is 0 Å². The largest absolute Gasteiger partial charge is 0.477 e. The quantitative estimate of drug-likeness (QED) is 0.696. The fraction of sp³-hybridized carbons (Fsp3) is 0.636. The summed E-state index contributed by atoms with van der Waals surface area (Å²) < 4.78 is 10.9. The van der Waals surface area contributed by atoms with Gasteiger partial charge < -0.3 is 24.8 Å². The molecule has 3 rings (SSSR count). The number of carbonyl (C=O) groups is 2. The SMILES string of the molecule is CC(C)(C)C#Cc1cc(NC2CCN(C(=O)OC3CCOCC3)CC2)c(C(=O)O)s1. The van der Waals surface area contributed by atoms with Gasteiger partial charge in [-0.2, -0.15) is 0 Å². The average molecular weight is 435 g/mol. The van der Waals surface area contributed by atoms with Crippen LogP contribution in [0.2, 0.25) is 0 Å². The van der Waals surface area contributed by atoms with Crippen molar-refractivity contribution in [2.24, 2.45) is 5.41 Å². The van der Waals surface area contributed by atoms with Crippen molar-refractivity contribution < 1.29 is 24.2 Å². The Balaban J connectivity index is 1.56. The van der Waals surface area contributed by atoms with Crippen LogP contribution in [0, 0.1) is 17.3 Å². The standard InChI is InChI=1S/C22H30N2O5S/c1-22(2,3)9-4-17-14-18(19(30-17)20(25)26)23-15-5-10-24(11-6-15)21(27)29-16-7-12-28-13-8-16/h14-16,23H,5-8,10-13H2,1-3H3,(H,25,26). The van der Waals surface area contributed by atoms with Gasteiger partial charge in [-0.1, -0.05) is 11.8 Å². The van der Waals surface area contributed by atoms with E-state index in [0.29, 0.717) is 32.0 Å². The maximum atomic E-state index is 12.4. The molecule has 0 saturated carbocycles. The molecule has 8 heteroatoms. The summed E-state index contributed by atoms with van der Waals surface area (Å²) in [6.45, 7) is 8.51. The predicted molar refractivity (Wildman–Crippen MR) is 116 cm³/mol. The first-order chi connectivity index (χ1) is 14.2. The van der Waals surface area contributed by atoms with Crippen molar-refractivity contribution in [1.82, 2.24) is 4.90 Å². The zero-order valence-electron chi connectivity index (χ0n) is 17.8. The first kappa shape index (κ1) is 22.4. The maximum Gasteiger partial charge on any atom is 0.410 e. The Morgan fingerprint density at radius 1 is 1.23 bits per heavy atom. The minimum absolute atomic E-state index is 0.0568. The van der Waals surface area contributed by atoms with Gasteiger partial charge in [0.1, 0.15) is 11.0 Å². The van der Waals surface area contributed by atoms with Crippen molar-refractivity contribution in [3.05, 3.63) is 15.8 Å². The molecule has 0 spiro atoms. The van der Waals surface area contributed by atoms with Crippen LogP contribution in [0.3, 0.4) is 0 Å². The van der Waals surface area contributed by atoms with E-state index in [1.54, 1.807) is 4.90 Å². The fourth-order valence-electron chi connectivity index (χ4n) is 3.41. The maximum absolute atomic E-state index is 12.4. The third-order valence-electron chi connectivity index (χ3n) is 5.04. The number of amides is 1. The van der Waals surface area contributed by atoms with Crippen molar-refractivity contribution in [2.45, 2.75) is 58.6 Å². The Kier molecular flexibility index (Phi) is 7.27. The zero-order chi connectivity index (χ0) is 21.7. The Morgan fingerprint density at radius 3 is 2.50 bits per heavy atom. The van der Waals surface area contributed by atoms with Crippen LogP contribution in [0.25, 0.3) is 0 Å². The molecule has 0 aromatic carbocycles. The predicted octanol–water partition coefficient (Wildman–Crippen LogP) is 4.04. The highest BCUT2D eigenvalue weighted by molar-refractivity contribution is 7.15. The molecule has 0 unspecified atom stereocenters. The summed E-state index contributed by atoms with van der Waals surface area (Å²) in [5.74, 6) is 5.28. The van der Waals surface area contributed by atoms with Crippen LogP contribution < -0.4 is 5.32 Å². The number of hydrogen-bond acceptors (Lipinski definition) is 6. The molecule has 2 aliphatic rings. The number of carbonyl (C=O) groups excluding carboxylic acids is 1. The van der Waals surface area contributed by atoms with Gasteiger partial charge >= 0.3 is 12.1 Å². The number of likely N-dealkylation sites (tertiary alicyclic amines) is 1. The topological polar surface area (TPSA) is 88.1 Å². The number of thiophene rings is 1. The van der Waals surface area contributed by atoms with Crippen LogP contribution in [-0.4, -0.2) is 60.5 Å². The van der Waals surface area contributed by atoms with Crippen molar-refractivity contribution in [2.75, 3.05) is 31.6 Å². The molecule has 1 aromatic heterocycles. The minimum Gasteiger partial charge on any atom is -0.477 e. The lowest BCUT2D eigenvalue weighted by Crippen LogP contribution is -2.44. The smallest absolute Gasteiger partial charge is 0.410 e. The number of piperidine rings is 1. The molecule has 2 aliphatic heterocycles. The van der Waals surface area contributed by atoms with Crippen LogP contribution >= 0.6 is 11.3 Å². The molecule has 2 fully saturated rings. The monoisotopic (exact) mass is 434 g/mol. The molecule has 1 aromatic rings. The van der Waals surface area contributed by atoms with E-state index in [0.717, 1.165) is 30.6 Å². The van der Waals surface area contributed by atoms with Gasteiger partial charge in [-0.15, -0.1) is 11.3 Å². The lowest BCUT2D eigenvalue weighted by atomic mass is 9.98. The van der Waals surface area contributed by atoms with E-state index < -0.39 is 5.97 Å². The molecule has 2 saturated heterocycles. The molecular weight excluding hydrogens is 404 g/mol. The van der Waals surface area contributed by atoms with Gasteiger partial charge in [-0.05, 0) is 39.7 Å². The van der Waals surface area contributed by atoms with E-state index in [2.05, 4.69) is 17.2 Å². The fourth-order valence-corrected chi connectivity index (χ4v) is 4.22. The summed E-state index contributed by atoms with van der Waals surface area (Å²) in [4.78, 5) is 26.8. The van der Waals surface area contributed by atoms with Gasteiger partial charge in [0.2, 0.25) is 0 Å². The number of rotatable bonds is 4. The van der Waals surface area contributed by atoms with E-state index in [4.69, 9.17) is 9.47 Å². The molecule has 2 N–H and O–H groups in total. The first-order valence-corrected chi connectivity index (χ1v) is 11.2. The molecule has 7 nitrogen and oxygen atoms in total. The Bertz CT molecular complexity index is 819. The highest BCUT2D eigenvalue weighted by Crippen LogP contribution is 2.29. The summed E-state index contributed by atoms with van der Waals surface area (Å²) in [7, 11) is 0. The van der Waals surface area contributed by atoms with E-state index in [9.17, 15) is 14.7 Å². The molecule has 0 radical (unpaired) electrons. The van der Waals surface area contributed by atoms with E-state index >= 15 is 0 Å². The van der Waals surface area contributed by atoms with Crippen LogP contribution in [0.4, 0.5) is 10.5 Å². The second kappa shape index (κ2) is 9.71. The Morgan fingerprint density at radius 2 is 1.90 bits per heavy atom. The summed E-state index contributed by atoms with van der Waals surface area (Å²) in [6.07, 6.45) is 2.66. The Labute approximate surface area is 181 Å². The van der Waals surface area contributed by atoms with E-state index in [1.807, 2.05) is 26.8 Å². The number of carboxylic acid groups (broad SMARTS) is 1. The molecule has 3 heterocycles. The van der Waals surface area contributed by atoms with Crippen LogP contribution in [0.1, 0.15) is 61.0 Å². The van der Waals surface area contributed by atoms with Gasteiger partial charge in [0.15, 0.2) is 0 Å². The minimum atomic E-state index is -0.955. The lowest BCUT2D eigenvalue weighted by molar-refractivity contribution is -0.0119. The van der Waals surface area contributed by atoms with Gasteiger partial charge in [-0.25, -0.2) is 9.59 Å². The van der Waals surface area contributed by atoms with Crippen molar-refractivity contribution in [3.63, 3.8) is 0 Å². The number of anilines is 1. The van der Waals surface area contributed by atoms with E-state index in [-0.39, 0.29) is 28.5 Å². The zero-order valence-corrected chi connectivity index (χ0v) is 18.6. The highest BCUT2D eigenvalue weighted by atomic mass is 32.1. The number of aromatic carboxylic acids is 1. The summed E-state index contributed by atoms with van der Waals surface area (Å²) >= 11 is 1.19. The molecule has 0 atom stereocenters. The second-order valence-corrected chi connectivity index (χ2v) is 9.81. The average Bonchev–Trinajstić information content (AvgIpc) is 3.10. The van der Waals surface area contributed by atoms with Crippen LogP contribution in [-0.2, 0) is 9.47 Å². The van der Waals surface area contributed by atoms with Gasteiger partial charge in [0.05, 0.1) is 23.8 Å².